The van der Waals surface area contributed by atoms with Crippen molar-refractivity contribution in [2.75, 3.05) is 44.2 Å². The number of ether oxygens (including phenoxy) is 3. The van der Waals surface area contributed by atoms with E-state index in [9.17, 15) is 19.5 Å². The van der Waals surface area contributed by atoms with Gasteiger partial charge in [-0.25, -0.2) is 4.79 Å². The third-order valence-corrected chi connectivity index (χ3v) is 8.33. The van der Waals surface area contributed by atoms with Crippen molar-refractivity contribution in [2.24, 2.45) is 11.8 Å². The van der Waals surface area contributed by atoms with Crippen molar-refractivity contribution in [3.8, 4) is 17.2 Å². The standard InChI is InChI=1S/C31H40N4O7/c1-19-15-35(20(2)17-36)30(38)24-13-22(32-29(37)21-7-5-4-6-8-21)9-11-25(24)42-28(19)16-34(3)31(39)33-23-10-12-26-27(14-23)41-18-40-26/h9-14,19-21,28,36H,4-8,15-18H2,1-3H3,(H,32,37)(H,33,39)/t19-,20-,28-/m0/s1. The predicted molar refractivity (Wildman–Crippen MR) is 157 cm³/mol. The fraction of sp³-hybridized carbons (Fsp3) is 0.516. The number of hydrogen-bond donors (Lipinski definition) is 3. The summed E-state index contributed by atoms with van der Waals surface area (Å²) in [7, 11) is 1.68. The Kier molecular flexibility index (Phi) is 9.06. The van der Waals surface area contributed by atoms with E-state index < -0.39 is 12.1 Å². The van der Waals surface area contributed by atoms with Crippen molar-refractivity contribution in [2.45, 2.75) is 58.1 Å². The minimum Gasteiger partial charge on any atom is -0.487 e. The number of amides is 4. The van der Waals surface area contributed by atoms with Crippen LogP contribution in [0.2, 0.25) is 0 Å². The van der Waals surface area contributed by atoms with Gasteiger partial charge in [-0.3, -0.25) is 9.59 Å². The van der Waals surface area contributed by atoms with Gasteiger partial charge in [-0.1, -0.05) is 26.2 Å². The van der Waals surface area contributed by atoms with Gasteiger partial charge in [0.05, 0.1) is 24.8 Å². The van der Waals surface area contributed by atoms with Crippen molar-refractivity contribution >= 4 is 29.2 Å². The number of rotatable bonds is 7. The van der Waals surface area contributed by atoms with Crippen LogP contribution in [-0.2, 0) is 4.79 Å². The average molecular weight is 581 g/mol. The van der Waals surface area contributed by atoms with Crippen LogP contribution in [0.25, 0.3) is 0 Å². The number of fused-ring (bicyclic) bond motifs is 2. The second-order valence-corrected chi connectivity index (χ2v) is 11.5. The number of urea groups is 1. The van der Waals surface area contributed by atoms with Crippen LogP contribution in [0.4, 0.5) is 16.2 Å². The molecule has 0 aromatic heterocycles. The van der Waals surface area contributed by atoms with E-state index in [1.165, 1.54) is 4.90 Å². The van der Waals surface area contributed by atoms with Crippen molar-refractivity contribution in [1.29, 1.82) is 0 Å². The molecule has 3 aliphatic rings. The molecular formula is C31H40N4O7. The fourth-order valence-electron chi connectivity index (χ4n) is 5.67. The number of likely N-dealkylation sites (N-methyl/N-ethyl adjacent to an activating group) is 1. The number of benzene rings is 2. The van der Waals surface area contributed by atoms with Gasteiger partial charge in [0.1, 0.15) is 11.9 Å². The van der Waals surface area contributed by atoms with Crippen LogP contribution in [-0.4, -0.2) is 78.4 Å². The summed E-state index contributed by atoms with van der Waals surface area (Å²) in [4.78, 5) is 42.9. The molecule has 5 rings (SSSR count). The summed E-state index contributed by atoms with van der Waals surface area (Å²) in [6, 6.07) is 9.53. The monoisotopic (exact) mass is 580 g/mol. The van der Waals surface area contributed by atoms with E-state index in [1.807, 2.05) is 6.92 Å². The Morgan fingerprint density at radius 3 is 2.45 bits per heavy atom. The van der Waals surface area contributed by atoms with Gasteiger partial charge in [-0.15, -0.1) is 0 Å². The van der Waals surface area contributed by atoms with Gasteiger partial charge in [-0.2, -0.15) is 0 Å². The lowest BCUT2D eigenvalue weighted by molar-refractivity contribution is -0.120. The predicted octanol–water partition coefficient (Wildman–Crippen LogP) is 4.32. The summed E-state index contributed by atoms with van der Waals surface area (Å²) >= 11 is 0. The van der Waals surface area contributed by atoms with Crippen LogP contribution in [0.15, 0.2) is 36.4 Å². The molecule has 11 heteroatoms. The van der Waals surface area contributed by atoms with Gasteiger partial charge in [0.2, 0.25) is 12.7 Å². The molecule has 11 nitrogen and oxygen atoms in total. The molecule has 1 saturated carbocycles. The molecule has 2 aromatic rings. The molecular weight excluding hydrogens is 540 g/mol. The van der Waals surface area contributed by atoms with Crippen molar-refractivity contribution < 1.29 is 33.7 Å². The fourth-order valence-corrected chi connectivity index (χ4v) is 5.67. The van der Waals surface area contributed by atoms with E-state index in [4.69, 9.17) is 14.2 Å². The second-order valence-electron chi connectivity index (χ2n) is 11.5. The number of aliphatic hydroxyl groups excluding tert-OH is 1. The topological polar surface area (TPSA) is 130 Å². The summed E-state index contributed by atoms with van der Waals surface area (Å²) in [5.41, 5.74) is 1.41. The number of anilines is 2. The normalized spacial score (nSPS) is 21.0. The van der Waals surface area contributed by atoms with Gasteiger partial charge in [0.15, 0.2) is 11.5 Å². The molecule has 0 spiro atoms. The quantitative estimate of drug-likeness (QED) is 0.445. The largest absolute Gasteiger partial charge is 0.487 e. The highest BCUT2D eigenvalue weighted by molar-refractivity contribution is 6.00. The van der Waals surface area contributed by atoms with E-state index in [1.54, 1.807) is 55.3 Å². The number of carbonyl (C=O) groups excluding carboxylic acids is 3. The highest BCUT2D eigenvalue weighted by Gasteiger charge is 2.34. The molecule has 0 saturated heterocycles. The van der Waals surface area contributed by atoms with Gasteiger partial charge >= 0.3 is 6.03 Å². The zero-order valence-corrected chi connectivity index (χ0v) is 24.4. The molecule has 0 radical (unpaired) electrons. The highest BCUT2D eigenvalue weighted by atomic mass is 16.7. The molecule has 0 bridgehead atoms. The molecule has 4 amide bonds. The molecule has 2 aliphatic heterocycles. The lowest BCUT2D eigenvalue weighted by atomic mass is 9.88. The van der Waals surface area contributed by atoms with Gasteiger partial charge in [-0.05, 0) is 50.1 Å². The summed E-state index contributed by atoms with van der Waals surface area (Å²) in [5, 5.41) is 15.8. The number of nitrogens with zero attached hydrogens (tertiary/aromatic N) is 2. The van der Waals surface area contributed by atoms with Crippen LogP contribution in [0.1, 0.15) is 56.3 Å². The summed E-state index contributed by atoms with van der Waals surface area (Å²) in [6.45, 7) is 4.26. The average Bonchev–Trinajstić information content (AvgIpc) is 3.47. The molecule has 42 heavy (non-hydrogen) atoms. The van der Waals surface area contributed by atoms with E-state index in [0.29, 0.717) is 40.7 Å². The van der Waals surface area contributed by atoms with Gasteiger partial charge in [0.25, 0.3) is 5.91 Å². The van der Waals surface area contributed by atoms with Crippen molar-refractivity contribution in [3.63, 3.8) is 0 Å². The van der Waals surface area contributed by atoms with Crippen molar-refractivity contribution in [3.05, 3.63) is 42.0 Å². The van der Waals surface area contributed by atoms with Gasteiger partial charge < -0.3 is 39.8 Å². The van der Waals surface area contributed by atoms with E-state index in [-0.39, 0.29) is 49.6 Å². The SMILES string of the molecule is C[C@H]1CN([C@@H](C)CO)C(=O)c2cc(NC(=O)C3CCCCC3)ccc2O[C@H]1CN(C)C(=O)Nc1ccc2c(c1)OCO2. The van der Waals surface area contributed by atoms with E-state index in [2.05, 4.69) is 10.6 Å². The maximum atomic E-state index is 13.7. The van der Waals surface area contributed by atoms with Crippen LogP contribution in [0, 0.1) is 11.8 Å². The third-order valence-electron chi connectivity index (χ3n) is 8.33. The number of nitrogens with one attached hydrogen (secondary N) is 2. The Morgan fingerprint density at radius 1 is 1.02 bits per heavy atom. The zero-order chi connectivity index (χ0) is 29.8. The Balaban J connectivity index is 1.33. The molecule has 0 unspecified atom stereocenters. The maximum Gasteiger partial charge on any atom is 0.321 e. The number of aliphatic hydroxyl groups is 1. The second kappa shape index (κ2) is 12.9. The first-order valence-electron chi connectivity index (χ1n) is 14.7. The molecule has 1 aliphatic carbocycles. The Morgan fingerprint density at radius 2 is 1.71 bits per heavy atom. The first kappa shape index (κ1) is 29.5. The first-order chi connectivity index (χ1) is 20.2. The smallest absolute Gasteiger partial charge is 0.321 e. The summed E-state index contributed by atoms with van der Waals surface area (Å²) in [5.74, 6) is 1.07. The Labute approximate surface area is 246 Å². The maximum absolute atomic E-state index is 13.7. The van der Waals surface area contributed by atoms with Crippen LogP contribution in [0.5, 0.6) is 17.2 Å². The lowest BCUT2D eigenvalue weighted by Crippen LogP contribution is -2.50. The third kappa shape index (κ3) is 6.56. The van der Waals surface area contributed by atoms with E-state index in [0.717, 1.165) is 32.1 Å². The van der Waals surface area contributed by atoms with Crippen LogP contribution in [0.3, 0.4) is 0 Å². The Bertz CT molecular complexity index is 1310. The number of carbonyl (C=O) groups is 3. The summed E-state index contributed by atoms with van der Waals surface area (Å²) < 4.78 is 17.1. The van der Waals surface area contributed by atoms with Crippen LogP contribution < -0.4 is 24.8 Å². The zero-order valence-electron chi connectivity index (χ0n) is 24.4. The molecule has 1 fully saturated rings. The molecule has 226 valence electrons. The Hall–Kier alpha value is -3.99. The highest BCUT2D eigenvalue weighted by Crippen LogP contribution is 2.35. The lowest BCUT2D eigenvalue weighted by Gasteiger charge is -2.38. The van der Waals surface area contributed by atoms with E-state index >= 15 is 0 Å². The van der Waals surface area contributed by atoms with Gasteiger partial charge in [0, 0.05) is 42.9 Å². The first-order valence-corrected chi connectivity index (χ1v) is 14.7. The van der Waals surface area contributed by atoms with Crippen molar-refractivity contribution in [1.82, 2.24) is 9.80 Å². The molecule has 3 atom stereocenters. The summed E-state index contributed by atoms with van der Waals surface area (Å²) in [6.07, 6.45) is 4.53. The minimum absolute atomic E-state index is 0.0248. The molecule has 2 aromatic carbocycles. The number of hydrogen-bond acceptors (Lipinski definition) is 7. The molecule has 2 heterocycles. The van der Waals surface area contributed by atoms with Crippen LogP contribution >= 0.6 is 0 Å². The molecule has 3 N–H and O–H groups in total. The minimum atomic E-state index is -0.458.